The van der Waals surface area contributed by atoms with Crippen LogP contribution >= 0.6 is 11.6 Å². The first-order valence-corrected chi connectivity index (χ1v) is 7.50. The van der Waals surface area contributed by atoms with Crippen LogP contribution in [0.5, 0.6) is 0 Å². The van der Waals surface area contributed by atoms with Gasteiger partial charge in [-0.15, -0.1) is 0 Å². The molecule has 0 unspecified atom stereocenters. The summed E-state index contributed by atoms with van der Waals surface area (Å²) in [4.78, 5) is 19.0. The van der Waals surface area contributed by atoms with E-state index in [2.05, 4.69) is 15.2 Å². The van der Waals surface area contributed by atoms with Crippen molar-refractivity contribution in [2.24, 2.45) is 0 Å². The van der Waals surface area contributed by atoms with Gasteiger partial charge in [-0.25, -0.2) is 4.98 Å². The van der Waals surface area contributed by atoms with Crippen LogP contribution in [-0.4, -0.2) is 47.4 Å². The van der Waals surface area contributed by atoms with Gasteiger partial charge in [0, 0.05) is 12.7 Å². The molecule has 1 N–H and O–H groups in total. The molecule has 0 atom stereocenters. The minimum Gasteiger partial charge on any atom is -0.351 e. The Morgan fingerprint density at radius 1 is 1.43 bits per heavy atom. The summed E-state index contributed by atoms with van der Waals surface area (Å²) >= 11 is 6.02. The number of nitrogens with zero attached hydrogens (tertiary/aromatic N) is 3. The van der Waals surface area contributed by atoms with Gasteiger partial charge in [-0.05, 0) is 45.6 Å². The largest absolute Gasteiger partial charge is 0.351 e. The van der Waals surface area contributed by atoms with Crippen molar-refractivity contribution in [1.29, 1.82) is 0 Å². The second-order valence-corrected chi connectivity index (χ2v) is 5.69. The summed E-state index contributed by atoms with van der Waals surface area (Å²) in [5.41, 5.74) is 2.12. The summed E-state index contributed by atoms with van der Waals surface area (Å²) in [6.07, 6.45) is 3.36. The van der Waals surface area contributed by atoms with E-state index in [1.54, 1.807) is 16.7 Å². The zero-order valence-electron chi connectivity index (χ0n) is 12.7. The summed E-state index contributed by atoms with van der Waals surface area (Å²) in [7, 11) is 4.03. The smallest absolute Gasteiger partial charge is 0.270 e. The molecule has 0 saturated carbocycles. The molecule has 0 aliphatic rings. The van der Waals surface area contributed by atoms with Crippen LogP contribution in [0.4, 0.5) is 0 Å². The molecule has 2 aromatic rings. The van der Waals surface area contributed by atoms with Crippen molar-refractivity contribution in [3.05, 3.63) is 34.7 Å². The summed E-state index contributed by atoms with van der Waals surface area (Å²) in [5.74, 6) is -0.0969. The summed E-state index contributed by atoms with van der Waals surface area (Å²) < 4.78 is 1.77. The second kappa shape index (κ2) is 6.91. The van der Waals surface area contributed by atoms with Crippen molar-refractivity contribution >= 4 is 23.2 Å². The van der Waals surface area contributed by atoms with Crippen molar-refractivity contribution in [2.45, 2.75) is 19.8 Å². The molecule has 0 bridgehead atoms. The van der Waals surface area contributed by atoms with Gasteiger partial charge in [0.25, 0.3) is 5.91 Å². The number of hydrogen-bond donors (Lipinski definition) is 1. The number of pyridine rings is 1. The highest BCUT2D eigenvalue weighted by Crippen LogP contribution is 2.17. The Morgan fingerprint density at radius 2 is 2.19 bits per heavy atom. The Balaban J connectivity index is 2.19. The van der Waals surface area contributed by atoms with Crippen LogP contribution in [0.1, 0.15) is 29.5 Å². The van der Waals surface area contributed by atoms with Crippen LogP contribution in [0.15, 0.2) is 18.3 Å². The molecule has 6 heteroatoms. The van der Waals surface area contributed by atoms with E-state index in [0.717, 1.165) is 24.3 Å². The highest BCUT2D eigenvalue weighted by atomic mass is 35.5. The number of rotatable bonds is 6. The van der Waals surface area contributed by atoms with Crippen LogP contribution in [0.2, 0.25) is 5.02 Å². The molecule has 0 spiro atoms. The topological polar surface area (TPSA) is 49.6 Å². The van der Waals surface area contributed by atoms with E-state index in [0.29, 0.717) is 23.7 Å². The molecule has 5 nitrogen and oxygen atoms in total. The molecule has 0 aliphatic carbocycles. The summed E-state index contributed by atoms with van der Waals surface area (Å²) in [5, 5.41) is 3.54. The summed E-state index contributed by atoms with van der Waals surface area (Å²) in [6, 6.07) is 3.60. The van der Waals surface area contributed by atoms with E-state index in [4.69, 9.17) is 11.6 Å². The zero-order valence-corrected chi connectivity index (χ0v) is 13.4. The lowest BCUT2D eigenvalue weighted by molar-refractivity contribution is 0.0945. The molecule has 2 aromatic heterocycles. The van der Waals surface area contributed by atoms with E-state index >= 15 is 0 Å². The van der Waals surface area contributed by atoms with E-state index in [9.17, 15) is 4.79 Å². The number of hydrogen-bond acceptors (Lipinski definition) is 3. The third-order valence-electron chi connectivity index (χ3n) is 3.27. The average Bonchev–Trinajstić information content (AvgIpc) is 2.80. The van der Waals surface area contributed by atoms with Gasteiger partial charge in [0.05, 0.1) is 10.7 Å². The first kappa shape index (κ1) is 15.8. The van der Waals surface area contributed by atoms with E-state index in [1.807, 2.05) is 27.1 Å². The normalized spacial score (nSPS) is 11.3. The fourth-order valence-corrected chi connectivity index (χ4v) is 2.40. The molecule has 21 heavy (non-hydrogen) atoms. The molecule has 0 aromatic carbocycles. The molecule has 1 amide bonds. The number of halogens is 1. The summed E-state index contributed by atoms with van der Waals surface area (Å²) in [6.45, 7) is 3.58. The van der Waals surface area contributed by atoms with Gasteiger partial charge in [-0.3, -0.25) is 9.20 Å². The lowest BCUT2D eigenvalue weighted by atomic mass is 10.2. The number of nitrogens with one attached hydrogen (secondary N) is 1. The van der Waals surface area contributed by atoms with Gasteiger partial charge in [-0.2, -0.15) is 0 Å². The Labute approximate surface area is 129 Å². The number of carbonyl (C=O) groups excluding carboxylic acids is 1. The van der Waals surface area contributed by atoms with E-state index in [1.165, 1.54) is 0 Å². The van der Waals surface area contributed by atoms with Crippen molar-refractivity contribution in [2.75, 3.05) is 27.2 Å². The lowest BCUT2D eigenvalue weighted by Crippen LogP contribution is -2.28. The Morgan fingerprint density at radius 3 is 2.86 bits per heavy atom. The van der Waals surface area contributed by atoms with E-state index < -0.39 is 0 Å². The second-order valence-electron chi connectivity index (χ2n) is 5.25. The highest BCUT2D eigenvalue weighted by Gasteiger charge is 2.17. The third kappa shape index (κ3) is 3.74. The zero-order chi connectivity index (χ0) is 15.4. The fraction of sp³-hybridized carbons (Fsp3) is 0.467. The first-order chi connectivity index (χ1) is 10.0. The molecular weight excluding hydrogens is 288 g/mol. The predicted octanol–water partition coefficient (Wildman–Crippen LogP) is 2.23. The van der Waals surface area contributed by atoms with Crippen LogP contribution in [0.3, 0.4) is 0 Å². The molecule has 0 radical (unpaired) electrons. The average molecular weight is 309 g/mol. The third-order valence-corrected chi connectivity index (χ3v) is 3.50. The highest BCUT2D eigenvalue weighted by molar-refractivity contribution is 6.30. The molecular formula is C15H21ClN4O. The number of amides is 1. The maximum absolute atomic E-state index is 12.4. The standard InChI is InChI=1S/C15H21ClN4O/c1-4-12-14(15(21)17-8-5-9-19(2)3)20-10-11(16)6-7-13(20)18-12/h6-7,10H,4-5,8-9H2,1-3H3,(H,17,21). The van der Waals surface area contributed by atoms with Gasteiger partial charge in [0.15, 0.2) is 0 Å². The number of aryl methyl sites for hydroxylation is 1. The van der Waals surface area contributed by atoms with Gasteiger partial charge >= 0.3 is 0 Å². The Hall–Kier alpha value is -1.59. The number of fused-ring (bicyclic) bond motifs is 1. The molecule has 0 aliphatic heterocycles. The minimum absolute atomic E-state index is 0.0969. The van der Waals surface area contributed by atoms with Gasteiger partial charge < -0.3 is 10.2 Å². The first-order valence-electron chi connectivity index (χ1n) is 7.12. The number of carbonyl (C=O) groups is 1. The van der Waals surface area contributed by atoms with E-state index in [-0.39, 0.29) is 5.91 Å². The monoisotopic (exact) mass is 308 g/mol. The SMILES string of the molecule is CCc1nc2ccc(Cl)cn2c1C(=O)NCCCN(C)C. The lowest BCUT2D eigenvalue weighted by Gasteiger charge is -2.10. The molecule has 114 valence electrons. The van der Waals surface area contributed by atoms with Gasteiger partial charge in [0.2, 0.25) is 0 Å². The van der Waals surface area contributed by atoms with Crippen molar-refractivity contribution in [3.63, 3.8) is 0 Å². The quantitative estimate of drug-likeness (QED) is 0.833. The minimum atomic E-state index is -0.0969. The van der Waals surface area contributed by atoms with Crippen LogP contribution < -0.4 is 5.32 Å². The molecule has 0 saturated heterocycles. The predicted molar refractivity (Wildman–Crippen MR) is 85.1 cm³/mol. The van der Waals surface area contributed by atoms with Crippen LogP contribution in [0.25, 0.3) is 5.65 Å². The fourth-order valence-electron chi connectivity index (χ4n) is 2.24. The van der Waals surface area contributed by atoms with Gasteiger partial charge in [0.1, 0.15) is 11.3 Å². The maximum Gasteiger partial charge on any atom is 0.270 e. The van der Waals surface area contributed by atoms with Crippen LogP contribution in [-0.2, 0) is 6.42 Å². The Bertz CT molecular complexity index is 636. The molecule has 2 rings (SSSR count). The molecule has 0 fully saturated rings. The number of imidazole rings is 1. The molecule has 2 heterocycles. The van der Waals surface area contributed by atoms with Crippen molar-refractivity contribution < 1.29 is 4.79 Å². The van der Waals surface area contributed by atoms with Crippen LogP contribution in [0, 0.1) is 0 Å². The van der Waals surface area contributed by atoms with Crippen molar-refractivity contribution in [1.82, 2.24) is 19.6 Å². The Kier molecular flexibility index (Phi) is 5.20. The van der Waals surface area contributed by atoms with Crippen molar-refractivity contribution in [3.8, 4) is 0 Å². The maximum atomic E-state index is 12.4. The number of aromatic nitrogens is 2. The van der Waals surface area contributed by atoms with Gasteiger partial charge in [-0.1, -0.05) is 18.5 Å².